The first-order valence-corrected chi connectivity index (χ1v) is 14.3. The second kappa shape index (κ2) is 13.9. The monoisotopic (exact) mass is 619 g/mol. The molecule has 43 heavy (non-hydrogen) atoms. The van der Waals surface area contributed by atoms with Crippen molar-refractivity contribution < 1.29 is 39.0 Å². The van der Waals surface area contributed by atoms with Gasteiger partial charge in [0.2, 0.25) is 6.29 Å². The van der Waals surface area contributed by atoms with Crippen molar-refractivity contribution in [1.82, 2.24) is 19.7 Å². The fourth-order valence-corrected chi connectivity index (χ4v) is 5.30. The first-order valence-electron chi connectivity index (χ1n) is 13.3. The number of hydrogen-bond donors (Lipinski definition) is 4. The zero-order valence-corrected chi connectivity index (χ0v) is 24.5. The van der Waals surface area contributed by atoms with E-state index in [4.69, 9.17) is 9.47 Å². The van der Waals surface area contributed by atoms with Crippen molar-refractivity contribution in [2.45, 2.75) is 43.3 Å². The van der Waals surface area contributed by atoms with Gasteiger partial charge >= 0.3 is 17.7 Å². The van der Waals surface area contributed by atoms with Crippen LogP contribution in [0, 0.1) is 10.1 Å². The van der Waals surface area contributed by atoms with Crippen molar-refractivity contribution in [1.29, 1.82) is 0 Å². The molecule has 0 spiro atoms. The number of nitro groups is 1. The molecule has 2 aliphatic heterocycles. The molecule has 0 aliphatic carbocycles. The Bertz CT molecular complexity index is 1400. The Balaban J connectivity index is 1.29. The Hall–Kier alpha value is -4.19. The van der Waals surface area contributed by atoms with Gasteiger partial charge in [-0.25, -0.2) is 9.59 Å². The molecule has 4 rings (SSSR count). The van der Waals surface area contributed by atoms with E-state index in [1.165, 1.54) is 32.8 Å². The van der Waals surface area contributed by atoms with Gasteiger partial charge in [-0.05, 0) is 24.7 Å². The number of anilines is 1. The van der Waals surface area contributed by atoms with Crippen molar-refractivity contribution >= 4 is 46.8 Å². The molecule has 2 amide bonds. The average Bonchev–Trinajstić information content (AvgIpc) is 3.42. The van der Waals surface area contributed by atoms with Gasteiger partial charge in [0.1, 0.15) is 12.0 Å². The third-order valence-electron chi connectivity index (χ3n) is 6.91. The molecule has 4 atom stereocenters. The number of ether oxygens (including phenoxy) is 2. The number of aliphatic imine (C=N–C) groups is 1. The largest absolute Gasteiger partial charge is 0.479 e. The fraction of sp³-hybridized carbons (Fsp3) is 0.462. The number of thioether (sulfide) groups is 1. The van der Waals surface area contributed by atoms with Gasteiger partial charge in [0.05, 0.1) is 17.4 Å². The molecule has 0 bridgehead atoms. The van der Waals surface area contributed by atoms with Gasteiger partial charge in [-0.2, -0.15) is 0 Å². The van der Waals surface area contributed by atoms with Gasteiger partial charge in [0.15, 0.2) is 11.9 Å². The summed E-state index contributed by atoms with van der Waals surface area (Å²) >= 11 is 0.943. The Morgan fingerprint density at radius 1 is 1.26 bits per heavy atom. The van der Waals surface area contributed by atoms with Gasteiger partial charge in [0, 0.05) is 63.6 Å². The van der Waals surface area contributed by atoms with Gasteiger partial charge in [-0.15, -0.1) is 0 Å². The van der Waals surface area contributed by atoms with E-state index in [9.17, 15) is 34.7 Å². The van der Waals surface area contributed by atoms with E-state index in [2.05, 4.69) is 15.6 Å². The number of carboxylic acid groups (broad SMARTS) is 1. The second-order valence-corrected chi connectivity index (χ2v) is 10.9. The van der Waals surface area contributed by atoms with Crippen molar-refractivity contribution in [3.8, 4) is 5.75 Å². The molecule has 2 aliphatic rings. The van der Waals surface area contributed by atoms with Crippen LogP contribution in [0.2, 0.25) is 0 Å². The molecule has 0 radical (unpaired) electrons. The zero-order valence-electron chi connectivity index (χ0n) is 23.7. The van der Waals surface area contributed by atoms with Gasteiger partial charge in [0.25, 0.3) is 5.24 Å². The van der Waals surface area contributed by atoms with Crippen LogP contribution in [0.4, 0.5) is 21.1 Å². The summed E-state index contributed by atoms with van der Waals surface area (Å²) in [6.07, 6.45) is -0.685. The Morgan fingerprint density at radius 2 is 2.00 bits per heavy atom. The van der Waals surface area contributed by atoms with E-state index in [0.717, 1.165) is 17.3 Å². The number of carboxylic acids is 1. The topological polar surface area (TPSA) is 201 Å². The number of aliphatic carboxylic acids is 1. The first kappa shape index (κ1) is 31.7. The maximum absolute atomic E-state index is 13.0. The summed E-state index contributed by atoms with van der Waals surface area (Å²) in [5.41, 5.74) is 0.936. The summed E-state index contributed by atoms with van der Waals surface area (Å²) in [4.78, 5) is 55.3. The molecular formula is C26H33N7O9S. The summed E-state index contributed by atoms with van der Waals surface area (Å²) in [7, 11) is 5.01. The van der Waals surface area contributed by atoms with E-state index in [0.29, 0.717) is 11.4 Å². The van der Waals surface area contributed by atoms with Crippen LogP contribution in [0.3, 0.4) is 0 Å². The summed E-state index contributed by atoms with van der Waals surface area (Å²) in [5, 5.41) is 36.6. The smallest absolute Gasteiger partial charge is 0.333 e. The van der Waals surface area contributed by atoms with Crippen molar-refractivity contribution in [2.24, 2.45) is 4.99 Å². The molecule has 4 N–H and O–H groups in total. The molecule has 1 fully saturated rings. The number of amides is 2. The highest BCUT2D eigenvalue weighted by atomic mass is 32.2. The maximum atomic E-state index is 13.0. The third-order valence-corrected chi connectivity index (χ3v) is 7.94. The second-order valence-electron chi connectivity index (χ2n) is 9.98. The molecule has 4 unspecified atom stereocenters. The van der Waals surface area contributed by atoms with Crippen molar-refractivity contribution in [3.63, 3.8) is 0 Å². The quantitative estimate of drug-likeness (QED) is 0.224. The number of nitrogens with one attached hydrogen (secondary N) is 2. The highest BCUT2D eigenvalue weighted by molar-refractivity contribution is 8.12. The number of carbonyl (C=O) groups is 3. The Labute approximate surface area is 250 Å². The molecule has 17 heteroatoms. The normalized spacial score (nSPS) is 20.9. The van der Waals surface area contributed by atoms with Crippen LogP contribution in [0.15, 0.2) is 35.5 Å². The standard InChI is InChI=1S/C26H33N7O9S/c1-27-22-17-6-7-32(23(17)29-14-28-22)25(37)30(2)8-9-31(3)26(38)43-13-15-4-5-19(18(10-15)33(39)40)41-21-12-16(34)11-20(42-21)24(35)36/h4-7,10,14,16,20-22,27,34H,8-9,11-13H2,1-3H3,(H,28,29)(H,35,36). The van der Waals surface area contributed by atoms with Crippen molar-refractivity contribution in [2.75, 3.05) is 39.5 Å². The van der Waals surface area contributed by atoms with E-state index < -0.39 is 29.4 Å². The molecule has 0 saturated carbocycles. The number of nitro benzene ring substituents is 1. The maximum Gasteiger partial charge on any atom is 0.333 e. The lowest BCUT2D eigenvalue weighted by atomic mass is 10.1. The third kappa shape index (κ3) is 7.61. The van der Waals surface area contributed by atoms with E-state index in [1.807, 2.05) is 6.07 Å². The number of carbonyl (C=O) groups excluding carboxylic acids is 2. The number of hydrogen-bond acceptors (Lipinski definition) is 12. The molecule has 16 nitrogen and oxygen atoms in total. The first-order chi connectivity index (χ1) is 20.5. The summed E-state index contributed by atoms with van der Waals surface area (Å²) in [5.74, 6) is -0.665. The van der Waals surface area contributed by atoms with Crippen LogP contribution < -0.4 is 15.4 Å². The molecule has 1 saturated heterocycles. The van der Waals surface area contributed by atoms with Crippen LogP contribution in [0.25, 0.3) is 0 Å². The molecule has 2 aromatic rings. The molecule has 1 aromatic carbocycles. The Morgan fingerprint density at radius 3 is 2.70 bits per heavy atom. The fourth-order valence-electron chi connectivity index (χ4n) is 4.52. The van der Waals surface area contributed by atoms with Crippen molar-refractivity contribution in [3.05, 3.63) is 51.7 Å². The zero-order chi connectivity index (χ0) is 31.3. The number of aliphatic hydroxyl groups excluding tert-OH is 1. The van der Waals surface area contributed by atoms with Crippen LogP contribution in [-0.2, 0) is 15.3 Å². The highest BCUT2D eigenvalue weighted by Gasteiger charge is 2.35. The van der Waals surface area contributed by atoms with Crippen LogP contribution in [0.5, 0.6) is 5.75 Å². The SMILES string of the molecule is CNC1N=CNc2c1ccn2C(=O)N(C)CCN(C)C(=O)SCc1ccc(OC2CC(O)CC(C(=O)O)O2)c([N+](=O)[O-])c1. The number of aliphatic hydroxyl groups is 1. The molecule has 1 aromatic heterocycles. The lowest BCUT2D eigenvalue weighted by Crippen LogP contribution is -2.42. The predicted molar refractivity (Wildman–Crippen MR) is 156 cm³/mol. The minimum atomic E-state index is -1.29. The molecular weight excluding hydrogens is 586 g/mol. The average molecular weight is 620 g/mol. The highest BCUT2D eigenvalue weighted by Crippen LogP contribution is 2.33. The van der Waals surface area contributed by atoms with E-state index in [1.54, 1.807) is 33.4 Å². The lowest BCUT2D eigenvalue weighted by molar-refractivity contribution is -0.386. The van der Waals surface area contributed by atoms with Crippen LogP contribution >= 0.6 is 11.8 Å². The lowest BCUT2D eigenvalue weighted by Gasteiger charge is -2.30. The number of aromatic nitrogens is 1. The molecule has 3 heterocycles. The minimum absolute atomic E-state index is 0.0453. The van der Waals surface area contributed by atoms with Crippen LogP contribution in [-0.4, -0.2) is 106 Å². The van der Waals surface area contributed by atoms with Crippen LogP contribution in [0.1, 0.15) is 30.1 Å². The predicted octanol–water partition coefficient (Wildman–Crippen LogP) is 2.28. The summed E-state index contributed by atoms with van der Waals surface area (Å²) < 4.78 is 12.3. The van der Waals surface area contributed by atoms with Gasteiger partial charge in [-0.3, -0.25) is 29.8 Å². The summed E-state index contributed by atoms with van der Waals surface area (Å²) in [6.45, 7) is 0.513. The number of likely N-dealkylation sites (N-methyl/N-ethyl adjacent to an activating group) is 2. The Kier molecular flexibility index (Phi) is 10.2. The molecule has 232 valence electrons. The van der Waals surface area contributed by atoms with E-state index in [-0.39, 0.29) is 60.6 Å². The number of nitrogens with zero attached hydrogens (tertiary/aromatic N) is 5. The van der Waals surface area contributed by atoms with Gasteiger partial charge in [-0.1, -0.05) is 17.8 Å². The number of fused-ring (bicyclic) bond motifs is 1. The van der Waals surface area contributed by atoms with E-state index >= 15 is 0 Å². The minimum Gasteiger partial charge on any atom is -0.479 e. The summed E-state index contributed by atoms with van der Waals surface area (Å²) in [6, 6.07) is 5.70. The van der Waals surface area contributed by atoms with Gasteiger partial charge < -0.3 is 34.8 Å². The number of rotatable bonds is 10. The number of benzene rings is 1.